The standard InChI is InChI=1S/C12H11NO4/c1-2-16-12(15)10-7-11(17-13-10)8-3-5-9(14)6-4-8/h3-7,14H,2H2,1H3. The molecule has 0 aliphatic heterocycles. The molecule has 5 nitrogen and oxygen atoms in total. The number of phenolic OH excluding ortho intramolecular Hbond substituents is 1. The van der Waals surface area contributed by atoms with Crippen LogP contribution in [0.2, 0.25) is 0 Å². The van der Waals surface area contributed by atoms with E-state index in [4.69, 9.17) is 14.4 Å². The number of hydrogen-bond donors (Lipinski definition) is 1. The summed E-state index contributed by atoms with van der Waals surface area (Å²) in [5, 5.41) is 12.8. The van der Waals surface area contributed by atoms with E-state index in [0.717, 1.165) is 5.56 Å². The van der Waals surface area contributed by atoms with E-state index in [1.54, 1.807) is 19.1 Å². The highest BCUT2D eigenvalue weighted by Crippen LogP contribution is 2.22. The number of benzene rings is 1. The van der Waals surface area contributed by atoms with Gasteiger partial charge in [0.2, 0.25) is 0 Å². The molecule has 0 spiro atoms. The first-order chi connectivity index (χ1) is 8.20. The van der Waals surface area contributed by atoms with Crippen LogP contribution in [-0.2, 0) is 4.74 Å². The van der Waals surface area contributed by atoms with Gasteiger partial charge in [0.1, 0.15) is 5.75 Å². The number of rotatable bonds is 3. The fraction of sp³-hybridized carbons (Fsp3) is 0.167. The van der Waals surface area contributed by atoms with Crippen molar-refractivity contribution in [1.29, 1.82) is 0 Å². The zero-order valence-electron chi connectivity index (χ0n) is 9.21. The second-order valence-electron chi connectivity index (χ2n) is 3.34. The maximum atomic E-state index is 11.4. The minimum atomic E-state index is -0.513. The van der Waals surface area contributed by atoms with E-state index in [2.05, 4.69) is 5.16 Å². The van der Waals surface area contributed by atoms with Gasteiger partial charge in [-0.05, 0) is 31.2 Å². The van der Waals surface area contributed by atoms with Gasteiger partial charge in [0.05, 0.1) is 6.61 Å². The van der Waals surface area contributed by atoms with Gasteiger partial charge < -0.3 is 14.4 Å². The van der Waals surface area contributed by atoms with Gasteiger partial charge in [0.15, 0.2) is 11.5 Å². The maximum Gasteiger partial charge on any atom is 0.360 e. The Morgan fingerprint density at radius 2 is 2.12 bits per heavy atom. The van der Waals surface area contributed by atoms with Crippen LogP contribution in [0.4, 0.5) is 0 Å². The van der Waals surface area contributed by atoms with Crippen LogP contribution in [0.3, 0.4) is 0 Å². The molecule has 17 heavy (non-hydrogen) atoms. The molecule has 1 aromatic heterocycles. The van der Waals surface area contributed by atoms with Gasteiger partial charge in [-0.15, -0.1) is 0 Å². The van der Waals surface area contributed by atoms with E-state index in [-0.39, 0.29) is 11.4 Å². The number of nitrogens with zero attached hydrogens (tertiary/aromatic N) is 1. The normalized spacial score (nSPS) is 10.2. The Hall–Kier alpha value is -2.30. The molecule has 2 rings (SSSR count). The monoisotopic (exact) mass is 233 g/mol. The Morgan fingerprint density at radius 3 is 2.76 bits per heavy atom. The predicted molar refractivity (Wildman–Crippen MR) is 59.6 cm³/mol. The average molecular weight is 233 g/mol. The van der Waals surface area contributed by atoms with Crippen LogP contribution in [0.25, 0.3) is 11.3 Å². The highest BCUT2D eigenvalue weighted by atomic mass is 16.5. The molecule has 0 saturated carbocycles. The highest BCUT2D eigenvalue weighted by molar-refractivity contribution is 5.88. The summed E-state index contributed by atoms with van der Waals surface area (Å²) in [4.78, 5) is 11.4. The molecule has 0 atom stereocenters. The summed E-state index contributed by atoms with van der Waals surface area (Å²) >= 11 is 0. The quantitative estimate of drug-likeness (QED) is 0.823. The summed E-state index contributed by atoms with van der Waals surface area (Å²) in [5.74, 6) is 0.105. The maximum absolute atomic E-state index is 11.4. The van der Waals surface area contributed by atoms with Crippen LogP contribution in [0.1, 0.15) is 17.4 Å². The zero-order valence-corrected chi connectivity index (χ0v) is 9.21. The van der Waals surface area contributed by atoms with Crippen LogP contribution < -0.4 is 0 Å². The van der Waals surface area contributed by atoms with Crippen molar-refractivity contribution in [2.45, 2.75) is 6.92 Å². The van der Waals surface area contributed by atoms with Gasteiger partial charge in [-0.3, -0.25) is 0 Å². The van der Waals surface area contributed by atoms with Crippen molar-refractivity contribution in [3.8, 4) is 17.1 Å². The minimum absolute atomic E-state index is 0.134. The van der Waals surface area contributed by atoms with Gasteiger partial charge in [0.25, 0.3) is 0 Å². The number of carbonyl (C=O) groups excluding carboxylic acids is 1. The van der Waals surface area contributed by atoms with Crippen molar-refractivity contribution in [2.24, 2.45) is 0 Å². The molecule has 2 aromatic rings. The van der Waals surface area contributed by atoms with Gasteiger partial charge in [-0.1, -0.05) is 5.16 Å². The Balaban J connectivity index is 2.23. The molecule has 0 unspecified atom stereocenters. The average Bonchev–Trinajstić information content (AvgIpc) is 2.80. The smallest absolute Gasteiger partial charge is 0.360 e. The summed E-state index contributed by atoms with van der Waals surface area (Å²) in [5.41, 5.74) is 0.862. The lowest BCUT2D eigenvalue weighted by Gasteiger charge is -1.95. The highest BCUT2D eigenvalue weighted by Gasteiger charge is 2.14. The van der Waals surface area contributed by atoms with Gasteiger partial charge in [-0.2, -0.15) is 0 Å². The third-order valence-corrected chi connectivity index (χ3v) is 2.15. The molecule has 0 radical (unpaired) electrons. The molecule has 5 heteroatoms. The summed E-state index contributed by atoms with van der Waals surface area (Å²) < 4.78 is 9.82. The molecule has 0 saturated heterocycles. The fourth-order valence-corrected chi connectivity index (χ4v) is 1.34. The van der Waals surface area contributed by atoms with Crippen LogP contribution in [0.5, 0.6) is 5.75 Å². The molecule has 1 aromatic carbocycles. The van der Waals surface area contributed by atoms with E-state index in [1.165, 1.54) is 18.2 Å². The fourth-order valence-electron chi connectivity index (χ4n) is 1.34. The molecular formula is C12H11NO4. The minimum Gasteiger partial charge on any atom is -0.508 e. The van der Waals surface area contributed by atoms with Gasteiger partial charge >= 0.3 is 5.97 Å². The first-order valence-electron chi connectivity index (χ1n) is 5.14. The topological polar surface area (TPSA) is 72.6 Å². The Morgan fingerprint density at radius 1 is 1.41 bits per heavy atom. The van der Waals surface area contributed by atoms with E-state index in [1.807, 2.05) is 0 Å². The summed E-state index contributed by atoms with van der Waals surface area (Å²) in [6.45, 7) is 2.01. The molecule has 88 valence electrons. The second kappa shape index (κ2) is 4.69. The lowest BCUT2D eigenvalue weighted by atomic mass is 10.1. The number of carbonyl (C=O) groups is 1. The van der Waals surface area contributed by atoms with Crippen molar-refractivity contribution >= 4 is 5.97 Å². The van der Waals surface area contributed by atoms with Crippen molar-refractivity contribution in [2.75, 3.05) is 6.61 Å². The lowest BCUT2D eigenvalue weighted by molar-refractivity contribution is 0.0514. The molecular weight excluding hydrogens is 222 g/mol. The molecule has 0 aliphatic rings. The first-order valence-corrected chi connectivity index (χ1v) is 5.14. The van der Waals surface area contributed by atoms with Crippen LogP contribution in [0, 0.1) is 0 Å². The Labute approximate surface area is 97.6 Å². The van der Waals surface area contributed by atoms with Crippen molar-refractivity contribution in [3.05, 3.63) is 36.0 Å². The number of phenols is 1. The Bertz CT molecular complexity index is 516. The number of ether oxygens (including phenoxy) is 1. The molecule has 0 aliphatic carbocycles. The van der Waals surface area contributed by atoms with E-state index < -0.39 is 5.97 Å². The van der Waals surface area contributed by atoms with Crippen molar-refractivity contribution in [1.82, 2.24) is 5.16 Å². The first kappa shape index (κ1) is 11.2. The molecule has 0 bridgehead atoms. The van der Waals surface area contributed by atoms with E-state index in [9.17, 15) is 4.79 Å². The number of aromatic nitrogens is 1. The Kier molecular flexibility index (Phi) is 3.09. The van der Waals surface area contributed by atoms with Crippen molar-refractivity contribution < 1.29 is 19.2 Å². The van der Waals surface area contributed by atoms with E-state index in [0.29, 0.717) is 12.4 Å². The summed E-state index contributed by atoms with van der Waals surface area (Å²) in [6, 6.07) is 7.91. The second-order valence-corrected chi connectivity index (χ2v) is 3.34. The van der Waals surface area contributed by atoms with Gasteiger partial charge in [-0.25, -0.2) is 4.79 Å². The van der Waals surface area contributed by atoms with Gasteiger partial charge in [0, 0.05) is 11.6 Å². The predicted octanol–water partition coefficient (Wildman–Crippen LogP) is 2.22. The SMILES string of the molecule is CCOC(=O)c1cc(-c2ccc(O)cc2)on1. The van der Waals surface area contributed by atoms with Crippen LogP contribution in [0.15, 0.2) is 34.9 Å². The third-order valence-electron chi connectivity index (χ3n) is 2.15. The molecule has 1 heterocycles. The van der Waals surface area contributed by atoms with Crippen molar-refractivity contribution in [3.63, 3.8) is 0 Å². The summed E-state index contributed by atoms with van der Waals surface area (Å²) in [6.07, 6.45) is 0. The largest absolute Gasteiger partial charge is 0.508 e. The molecule has 0 amide bonds. The summed E-state index contributed by atoms with van der Waals surface area (Å²) in [7, 11) is 0. The zero-order chi connectivity index (χ0) is 12.3. The third kappa shape index (κ3) is 2.44. The number of esters is 1. The number of hydrogen-bond acceptors (Lipinski definition) is 5. The molecule has 1 N–H and O–H groups in total. The van der Waals surface area contributed by atoms with Crippen LogP contribution in [-0.4, -0.2) is 22.8 Å². The number of aromatic hydroxyl groups is 1. The van der Waals surface area contributed by atoms with E-state index >= 15 is 0 Å². The van der Waals surface area contributed by atoms with Crippen LogP contribution >= 0.6 is 0 Å². The molecule has 0 fully saturated rings. The lowest BCUT2D eigenvalue weighted by Crippen LogP contribution is -2.04.